The first-order valence-corrected chi connectivity index (χ1v) is 10.9. The summed E-state index contributed by atoms with van der Waals surface area (Å²) in [6, 6.07) is 17.0. The fourth-order valence-electron chi connectivity index (χ4n) is 3.87. The lowest BCUT2D eigenvalue weighted by molar-refractivity contribution is -0.0127. The molecule has 0 spiro atoms. The summed E-state index contributed by atoms with van der Waals surface area (Å²) >= 11 is 0. The van der Waals surface area contributed by atoms with Gasteiger partial charge in [-0.25, -0.2) is 0 Å². The Labute approximate surface area is 184 Å². The molecule has 1 aliphatic carbocycles. The predicted molar refractivity (Wildman–Crippen MR) is 119 cm³/mol. The smallest absolute Gasteiger partial charge is 0.251 e. The highest BCUT2D eigenvalue weighted by atomic mass is 16.7. The molecule has 0 heterocycles. The Bertz CT molecular complexity index is 785. The molecular weight excluding hydrogens is 394 g/mol. The van der Waals surface area contributed by atoms with Crippen LogP contribution in [0.2, 0.25) is 0 Å². The van der Waals surface area contributed by atoms with E-state index in [9.17, 15) is 9.90 Å². The summed E-state index contributed by atoms with van der Waals surface area (Å²) in [6.45, 7) is 1.81. The number of benzene rings is 2. The number of hydrogen-bond acceptors (Lipinski definition) is 5. The van der Waals surface area contributed by atoms with Crippen molar-refractivity contribution in [3.05, 3.63) is 65.7 Å². The molecule has 0 unspecified atom stereocenters. The first-order valence-electron chi connectivity index (χ1n) is 10.9. The number of nitrogens with one attached hydrogen (secondary N) is 1. The van der Waals surface area contributed by atoms with Crippen molar-refractivity contribution in [2.24, 2.45) is 5.92 Å². The van der Waals surface area contributed by atoms with Crippen LogP contribution in [0.4, 0.5) is 0 Å². The molecule has 0 bridgehead atoms. The maximum atomic E-state index is 12.4. The molecule has 0 radical (unpaired) electrons. The van der Waals surface area contributed by atoms with Gasteiger partial charge in [-0.3, -0.25) is 4.79 Å². The Balaban J connectivity index is 1.34. The summed E-state index contributed by atoms with van der Waals surface area (Å²) in [5, 5.41) is 13.7. The van der Waals surface area contributed by atoms with Gasteiger partial charge in [-0.05, 0) is 67.9 Å². The lowest BCUT2D eigenvalue weighted by Gasteiger charge is -2.36. The van der Waals surface area contributed by atoms with Gasteiger partial charge in [0.2, 0.25) is 0 Å². The molecule has 0 saturated heterocycles. The Hall–Kier alpha value is -2.41. The van der Waals surface area contributed by atoms with Gasteiger partial charge in [0.15, 0.2) is 6.79 Å². The number of methoxy groups -OCH3 is 1. The van der Waals surface area contributed by atoms with E-state index in [1.165, 1.54) is 5.56 Å². The molecule has 0 atom stereocenters. The molecule has 1 amide bonds. The van der Waals surface area contributed by atoms with Crippen molar-refractivity contribution in [2.75, 3.05) is 27.1 Å². The normalized spacial score (nSPS) is 20.9. The fourth-order valence-corrected chi connectivity index (χ4v) is 3.87. The van der Waals surface area contributed by atoms with E-state index < -0.39 is 5.60 Å². The van der Waals surface area contributed by atoms with Crippen molar-refractivity contribution < 1.29 is 24.1 Å². The second kappa shape index (κ2) is 11.8. The molecule has 6 heteroatoms. The Morgan fingerprint density at radius 1 is 1.10 bits per heavy atom. The molecule has 1 fully saturated rings. The molecule has 31 heavy (non-hydrogen) atoms. The van der Waals surface area contributed by atoms with Gasteiger partial charge in [-0.1, -0.05) is 30.3 Å². The van der Waals surface area contributed by atoms with Crippen LogP contribution in [0, 0.1) is 5.92 Å². The first kappa shape index (κ1) is 23.3. The van der Waals surface area contributed by atoms with Gasteiger partial charge in [0.25, 0.3) is 5.91 Å². The lowest BCUT2D eigenvalue weighted by atomic mass is 9.77. The number of ether oxygens (including phenoxy) is 3. The summed E-state index contributed by atoms with van der Waals surface area (Å²) in [5.41, 5.74) is 0.893. The summed E-state index contributed by atoms with van der Waals surface area (Å²) in [4.78, 5) is 12.4. The summed E-state index contributed by atoms with van der Waals surface area (Å²) in [5.74, 6) is 1.01. The second-order valence-electron chi connectivity index (χ2n) is 8.25. The quantitative estimate of drug-likeness (QED) is 0.420. The number of aliphatic hydroxyl groups is 1. The zero-order chi connectivity index (χ0) is 21.9. The minimum absolute atomic E-state index is 0.165. The van der Waals surface area contributed by atoms with Crippen LogP contribution in [0.15, 0.2) is 54.6 Å². The highest BCUT2D eigenvalue weighted by molar-refractivity contribution is 5.94. The van der Waals surface area contributed by atoms with Crippen molar-refractivity contribution in [3.8, 4) is 5.75 Å². The number of carbonyl (C=O) groups excluding carboxylic acids is 1. The number of carbonyl (C=O) groups is 1. The van der Waals surface area contributed by atoms with Crippen LogP contribution in [0.25, 0.3) is 0 Å². The van der Waals surface area contributed by atoms with Crippen molar-refractivity contribution in [3.63, 3.8) is 0 Å². The SMILES string of the molecule is COCOc1ccc(C(=O)NCC2(O)CCC(CCOCc3ccccc3)CC2)cc1. The molecule has 2 N–H and O–H groups in total. The summed E-state index contributed by atoms with van der Waals surface area (Å²) in [6.07, 6.45) is 4.30. The fraction of sp³-hybridized carbons (Fsp3) is 0.480. The zero-order valence-corrected chi connectivity index (χ0v) is 18.2. The zero-order valence-electron chi connectivity index (χ0n) is 18.2. The standard InChI is InChI=1S/C25H33NO5/c1-29-19-31-23-9-7-22(8-10-23)24(27)26-18-25(28)14-11-20(12-15-25)13-16-30-17-21-5-3-2-4-6-21/h2-10,20,28H,11-19H2,1H3,(H,26,27). The summed E-state index contributed by atoms with van der Waals surface area (Å²) in [7, 11) is 1.56. The molecular formula is C25H33NO5. The Morgan fingerprint density at radius 2 is 1.81 bits per heavy atom. The van der Waals surface area contributed by atoms with Crippen molar-refractivity contribution in [2.45, 2.75) is 44.3 Å². The average molecular weight is 428 g/mol. The summed E-state index contributed by atoms with van der Waals surface area (Å²) < 4.78 is 16.0. The molecule has 0 aromatic heterocycles. The van der Waals surface area contributed by atoms with Crippen LogP contribution in [0.5, 0.6) is 5.75 Å². The number of rotatable bonds is 11. The molecule has 2 aromatic carbocycles. The van der Waals surface area contributed by atoms with E-state index in [1.54, 1.807) is 31.4 Å². The number of hydrogen-bond donors (Lipinski definition) is 2. The van der Waals surface area contributed by atoms with Crippen LogP contribution in [0.3, 0.4) is 0 Å². The Kier molecular flexibility index (Phi) is 8.88. The highest BCUT2D eigenvalue weighted by Gasteiger charge is 2.33. The van der Waals surface area contributed by atoms with Crippen LogP contribution >= 0.6 is 0 Å². The molecule has 2 aromatic rings. The van der Waals surface area contributed by atoms with E-state index in [0.29, 0.717) is 36.7 Å². The maximum Gasteiger partial charge on any atom is 0.251 e. The first-order chi connectivity index (χ1) is 15.1. The predicted octanol–water partition coefficient (Wildman–Crippen LogP) is 3.93. The highest BCUT2D eigenvalue weighted by Crippen LogP contribution is 2.33. The van der Waals surface area contributed by atoms with Gasteiger partial charge >= 0.3 is 0 Å². The van der Waals surface area contributed by atoms with Gasteiger partial charge < -0.3 is 24.6 Å². The molecule has 3 rings (SSSR count). The molecule has 1 saturated carbocycles. The van der Waals surface area contributed by atoms with E-state index >= 15 is 0 Å². The van der Waals surface area contributed by atoms with Crippen LogP contribution in [0.1, 0.15) is 48.0 Å². The largest absolute Gasteiger partial charge is 0.468 e. The third-order valence-electron chi connectivity index (χ3n) is 5.86. The third-order valence-corrected chi connectivity index (χ3v) is 5.86. The third kappa shape index (κ3) is 7.65. The van der Waals surface area contributed by atoms with Crippen LogP contribution in [-0.2, 0) is 16.1 Å². The van der Waals surface area contributed by atoms with E-state index in [0.717, 1.165) is 25.9 Å². The van der Waals surface area contributed by atoms with Crippen molar-refractivity contribution in [1.29, 1.82) is 0 Å². The van der Waals surface area contributed by atoms with Gasteiger partial charge in [-0.15, -0.1) is 0 Å². The van der Waals surface area contributed by atoms with Gasteiger partial charge in [0.05, 0.1) is 12.2 Å². The number of amides is 1. The maximum absolute atomic E-state index is 12.4. The van der Waals surface area contributed by atoms with E-state index in [2.05, 4.69) is 17.4 Å². The average Bonchev–Trinajstić information content (AvgIpc) is 2.81. The van der Waals surface area contributed by atoms with Gasteiger partial charge in [0, 0.05) is 25.8 Å². The van der Waals surface area contributed by atoms with Crippen molar-refractivity contribution in [1.82, 2.24) is 5.32 Å². The second-order valence-corrected chi connectivity index (χ2v) is 8.25. The van der Waals surface area contributed by atoms with Crippen LogP contribution in [-0.4, -0.2) is 43.7 Å². The van der Waals surface area contributed by atoms with Crippen LogP contribution < -0.4 is 10.1 Å². The molecule has 0 aliphatic heterocycles. The van der Waals surface area contributed by atoms with E-state index in [4.69, 9.17) is 14.2 Å². The molecule has 6 nitrogen and oxygen atoms in total. The minimum atomic E-state index is -0.835. The minimum Gasteiger partial charge on any atom is -0.468 e. The lowest BCUT2D eigenvalue weighted by Crippen LogP contribution is -2.45. The van der Waals surface area contributed by atoms with E-state index in [-0.39, 0.29) is 19.2 Å². The van der Waals surface area contributed by atoms with Gasteiger partial charge in [0.1, 0.15) is 5.75 Å². The Morgan fingerprint density at radius 3 is 2.48 bits per heavy atom. The molecule has 1 aliphatic rings. The van der Waals surface area contributed by atoms with E-state index in [1.807, 2.05) is 18.2 Å². The topological polar surface area (TPSA) is 77.0 Å². The monoisotopic (exact) mass is 427 g/mol. The molecule has 168 valence electrons. The van der Waals surface area contributed by atoms with Crippen molar-refractivity contribution >= 4 is 5.91 Å². The van der Waals surface area contributed by atoms with Gasteiger partial charge in [-0.2, -0.15) is 0 Å².